The van der Waals surface area contributed by atoms with Crippen LogP contribution in [0.25, 0.3) is 0 Å². The van der Waals surface area contributed by atoms with Crippen molar-refractivity contribution >= 4 is 11.9 Å². The standard InChI is InChI=1S/C75H126O5/c1-3-5-7-9-11-13-15-17-19-21-23-25-27-29-30-31-32-33-34-35-36-37-38-39-40-41-42-43-44-46-48-50-52-54-56-58-60-62-64-66-68-70-75(78)80-73(71-76)72-79-74(77)69-67-65-63-61-59-57-55-53-51-49-47-45-28-26-24-22-20-18-16-14-12-10-8-6-4-2/h5,7,11,13,17,19,22-25,29-30,32-33,35-36,38-39,41-42,44,46,73,76H,3-4,6,8-10,12,14-16,18,20-21,26-28,31,34,37,40,43,45,47-72H2,1-2H3/b7-5-,13-11-,19-17-,24-22-,25-23-,30-29-,33-32-,36-35-,39-38-,42-41-,46-44-. The lowest BCUT2D eigenvalue weighted by Gasteiger charge is -2.15. The Labute approximate surface area is 496 Å². The van der Waals surface area contributed by atoms with Crippen LogP contribution in [-0.4, -0.2) is 36.4 Å². The van der Waals surface area contributed by atoms with E-state index in [9.17, 15) is 14.7 Å². The molecule has 1 atom stereocenters. The van der Waals surface area contributed by atoms with Gasteiger partial charge in [-0.05, 0) is 116 Å². The van der Waals surface area contributed by atoms with E-state index in [-0.39, 0.29) is 25.2 Å². The lowest BCUT2D eigenvalue weighted by atomic mass is 10.0. The van der Waals surface area contributed by atoms with Crippen molar-refractivity contribution in [2.45, 2.75) is 315 Å². The van der Waals surface area contributed by atoms with Crippen molar-refractivity contribution in [3.8, 4) is 0 Å². The highest BCUT2D eigenvalue weighted by molar-refractivity contribution is 5.70. The largest absolute Gasteiger partial charge is 0.462 e. The fraction of sp³-hybridized carbons (Fsp3) is 0.680. The van der Waals surface area contributed by atoms with Crippen molar-refractivity contribution in [3.05, 3.63) is 134 Å². The first kappa shape index (κ1) is 76.0. The maximum absolute atomic E-state index is 12.4. The summed E-state index contributed by atoms with van der Waals surface area (Å²) in [5.41, 5.74) is 0. The van der Waals surface area contributed by atoms with Gasteiger partial charge in [0, 0.05) is 12.8 Å². The van der Waals surface area contributed by atoms with Crippen LogP contribution in [0, 0.1) is 0 Å². The van der Waals surface area contributed by atoms with Crippen molar-refractivity contribution < 1.29 is 24.2 Å². The molecule has 0 aromatic heterocycles. The molecule has 0 amide bonds. The van der Waals surface area contributed by atoms with Crippen LogP contribution < -0.4 is 0 Å². The Morgan fingerprint density at radius 2 is 0.537 bits per heavy atom. The molecule has 5 heteroatoms. The molecule has 1 N–H and O–H groups in total. The van der Waals surface area contributed by atoms with E-state index in [0.717, 1.165) is 103 Å². The van der Waals surface area contributed by atoms with Gasteiger partial charge in [0.1, 0.15) is 6.61 Å². The number of rotatable bonds is 61. The highest BCUT2D eigenvalue weighted by Gasteiger charge is 2.16. The average Bonchev–Trinajstić information content (AvgIpc) is 3.46. The number of unbranched alkanes of at least 4 members (excludes halogenated alkanes) is 31. The molecule has 1 unspecified atom stereocenters. The van der Waals surface area contributed by atoms with Crippen LogP contribution >= 0.6 is 0 Å². The summed E-state index contributed by atoms with van der Waals surface area (Å²) in [7, 11) is 0. The Morgan fingerprint density at radius 1 is 0.300 bits per heavy atom. The van der Waals surface area contributed by atoms with Gasteiger partial charge < -0.3 is 14.6 Å². The summed E-state index contributed by atoms with van der Waals surface area (Å²) in [5.74, 6) is -0.592. The molecule has 0 saturated carbocycles. The molecule has 456 valence electrons. The number of allylic oxidation sites excluding steroid dienone is 22. The third-order valence-electron chi connectivity index (χ3n) is 14.4. The van der Waals surface area contributed by atoms with Crippen LogP contribution in [0.3, 0.4) is 0 Å². The first-order valence-corrected chi connectivity index (χ1v) is 33.7. The van der Waals surface area contributed by atoms with E-state index in [0.29, 0.717) is 12.8 Å². The summed E-state index contributed by atoms with van der Waals surface area (Å²) in [4.78, 5) is 24.6. The Bertz CT molecular complexity index is 1630. The number of carbonyl (C=O) groups is 2. The lowest BCUT2D eigenvalue weighted by Crippen LogP contribution is -2.28. The summed E-state index contributed by atoms with van der Waals surface area (Å²) in [6.07, 6.45) is 103. The minimum absolute atomic E-state index is 0.0715. The van der Waals surface area contributed by atoms with Crippen LogP contribution in [0.5, 0.6) is 0 Å². The van der Waals surface area contributed by atoms with Crippen LogP contribution in [0.1, 0.15) is 309 Å². The van der Waals surface area contributed by atoms with E-state index in [1.165, 1.54) is 180 Å². The number of esters is 2. The number of hydrogen-bond donors (Lipinski definition) is 1. The van der Waals surface area contributed by atoms with Crippen molar-refractivity contribution in [3.63, 3.8) is 0 Å². The molecular weight excluding hydrogens is 981 g/mol. The van der Waals surface area contributed by atoms with Gasteiger partial charge in [0.25, 0.3) is 0 Å². The number of ether oxygens (including phenoxy) is 2. The third kappa shape index (κ3) is 66.6. The number of aliphatic hydroxyl groups is 1. The lowest BCUT2D eigenvalue weighted by molar-refractivity contribution is -0.161. The topological polar surface area (TPSA) is 72.8 Å². The molecule has 0 aromatic rings. The van der Waals surface area contributed by atoms with E-state index >= 15 is 0 Å². The normalized spacial score (nSPS) is 13.1. The maximum Gasteiger partial charge on any atom is 0.306 e. The smallest absolute Gasteiger partial charge is 0.306 e. The van der Waals surface area contributed by atoms with Gasteiger partial charge in [0.2, 0.25) is 0 Å². The zero-order valence-electron chi connectivity index (χ0n) is 52.3. The molecule has 0 aliphatic carbocycles. The molecule has 0 spiro atoms. The van der Waals surface area contributed by atoms with E-state index in [1.54, 1.807) is 0 Å². The SMILES string of the molecule is CC/C=C\C/C=C\C/C=C\C/C=C\C/C=C\C/C=C\C/C=C\C/C=C\C/C=C\C/C=C\CCCCCCCCCCCCC(=O)OC(CO)COC(=O)CCCCCCCCCCCCCCC/C=C\CCCCCCCCCC. The summed E-state index contributed by atoms with van der Waals surface area (Å²) in [6, 6.07) is 0. The molecule has 0 aliphatic heterocycles. The Kier molecular flexibility index (Phi) is 65.9. The minimum Gasteiger partial charge on any atom is -0.462 e. The fourth-order valence-corrected chi connectivity index (χ4v) is 9.40. The van der Waals surface area contributed by atoms with E-state index in [4.69, 9.17) is 9.47 Å². The van der Waals surface area contributed by atoms with Gasteiger partial charge in [-0.3, -0.25) is 9.59 Å². The Balaban J connectivity index is 3.55. The second-order valence-corrected chi connectivity index (χ2v) is 22.2. The second-order valence-electron chi connectivity index (χ2n) is 22.2. The first-order valence-electron chi connectivity index (χ1n) is 33.7. The Hall–Kier alpha value is -3.96. The average molecular weight is 1110 g/mol. The van der Waals surface area contributed by atoms with E-state index in [2.05, 4.69) is 148 Å². The molecule has 0 rings (SSSR count). The van der Waals surface area contributed by atoms with Crippen molar-refractivity contribution in [1.82, 2.24) is 0 Å². The predicted molar refractivity (Wildman–Crippen MR) is 352 cm³/mol. The molecule has 0 aromatic carbocycles. The summed E-state index contributed by atoms with van der Waals surface area (Å²) >= 11 is 0. The third-order valence-corrected chi connectivity index (χ3v) is 14.4. The van der Waals surface area contributed by atoms with Crippen molar-refractivity contribution in [2.24, 2.45) is 0 Å². The maximum atomic E-state index is 12.4. The van der Waals surface area contributed by atoms with Crippen molar-refractivity contribution in [1.29, 1.82) is 0 Å². The molecule has 0 aliphatic rings. The highest BCUT2D eigenvalue weighted by atomic mass is 16.6. The quantitative estimate of drug-likeness (QED) is 0.0373. The van der Waals surface area contributed by atoms with Crippen molar-refractivity contribution in [2.75, 3.05) is 13.2 Å². The first-order chi connectivity index (χ1) is 39.6. The van der Waals surface area contributed by atoms with Gasteiger partial charge in [-0.2, -0.15) is 0 Å². The van der Waals surface area contributed by atoms with Crippen LogP contribution in [0.15, 0.2) is 134 Å². The second kappa shape index (κ2) is 69.3. The molecule has 0 fully saturated rings. The summed E-state index contributed by atoms with van der Waals surface area (Å²) in [6.45, 7) is 4.04. The number of hydrogen-bond acceptors (Lipinski definition) is 5. The van der Waals surface area contributed by atoms with Crippen LogP contribution in [0.2, 0.25) is 0 Å². The van der Waals surface area contributed by atoms with Gasteiger partial charge in [-0.1, -0.05) is 314 Å². The van der Waals surface area contributed by atoms with Gasteiger partial charge in [-0.25, -0.2) is 0 Å². The van der Waals surface area contributed by atoms with Crippen LogP contribution in [-0.2, 0) is 19.1 Å². The molecule has 5 nitrogen and oxygen atoms in total. The molecule has 0 heterocycles. The molecule has 0 bridgehead atoms. The number of aliphatic hydroxyl groups excluding tert-OH is 1. The summed E-state index contributed by atoms with van der Waals surface area (Å²) in [5, 5.41) is 9.69. The van der Waals surface area contributed by atoms with Gasteiger partial charge >= 0.3 is 11.9 Å². The molecule has 0 radical (unpaired) electrons. The summed E-state index contributed by atoms with van der Waals surface area (Å²) < 4.78 is 10.7. The molecule has 80 heavy (non-hydrogen) atoms. The molecule has 0 saturated heterocycles. The Morgan fingerprint density at radius 3 is 0.825 bits per heavy atom. The van der Waals surface area contributed by atoms with Gasteiger partial charge in [-0.15, -0.1) is 0 Å². The number of carbonyl (C=O) groups excluding carboxylic acids is 2. The zero-order valence-corrected chi connectivity index (χ0v) is 52.3. The van der Waals surface area contributed by atoms with E-state index in [1.807, 2.05) is 0 Å². The monoisotopic (exact) mass is 1110 g/mol. The minimum atomic E-state index is -0.783. The van der Waals surface area contributed by atoms with Crippen LogP contribution in [0.4, 0.5) is 0 Å². The zero-order chi connectivity index (χ0) is 57.6. The molecular formula is C75H126O5. The fourth-order valence-electron chi connectivity index (χ4n) is 9.40. The van der Waals surface area contributed by atoms with Gasteiger partial charge in [0.05, 0.1) is 6.61 Å². The van der Waals surface area contributed by atoms with E-state index < -0.39 is 6.10 Å². The van der Waals surface area contributed by atoms with Gasteiger partial charge in [0.15, 0.2) is 6.10 Å². The highest BCUT2D eigenvalue weighted by Crippen LogP contribution is 2.16. The predicted octanol–water partition coefficient (Wildman–Crippen LogP) is 23.5.